The minimum atomic E-state index is -4.85. The van der Waals surface area contributed by atoms with Crippen LogP contribution >= 0.6 is 11.6 Å². The lowest BCUT2D eigenvalue weighted by Crippen LogP contribution is -2.24. The predicted octanol–water partition coefficient (Wildman–Crippen LogP) is 3.05. The van der Waals surface area contributed by atoms with E-state index in [9.17, 15) is 18.0 Å². The molecule has 2 aromatic heterocycles. The maximum atomic E-state index is 12.5. The van der Waals surface area contributed by atoms with Gasteiger partial charge in [-0.05, 0) is 30.8 Å². The van der Waals surface area contributed by atoms with Crippen LogP contribution in [0.25, 0.3) is 11.0 Å². The Bertz CT molecular complexity index is 1080. The highest BCUT2D eigenvalue weighted by Gasteiger charge is 2.32. The highest BCUT2D eigenvalue weighted by Crippen LogP contribution is 2.33. The molecule has 0 fully saturated rings. The Morgan fingerprint density at radius 2 is 2.00 bits per heavy atom. The minimum absolute atomic E-state index is 0.187. The number of nitrogens with two attached hydrogens (primary N) is 1. The van der Waals surface area contributed by atoms with Gasteiger partial charge in [0.2, 0.25) is 0 Å². The molecule has 158 valence electrons. The molecule has 0 aliphatic heterocycles. The van der Waals surface area contributed by atoms with Crippen LogP contribution in [0.4, 0.5) is 19.0 Å². The van der Waals surface area contributed by atoms with Gasteiger partial charge < -0.3 is 21.1 Å². The van der Waals surface area contributed by atoms with Crippen molar-refractivity contribution >= 4 is 34.4 Å². The fraction of sp³-hybridized carbons (Fsp3) is 0.222. The number of aromatic nitrogens is 3. The van der Waals surface area contributed by atoms with Crippen LogP contribution in [0.15, 0.2) is 36.8 Å². The first-order chi connectivity index (χ1) is 14.2. The third-order valence-electron chi connectivity index (χ3n) is 4.09. The lowest BCUT2D eigenvalue weighted by molar-refractivity contribution is -0.274. The molecule has 0 spiro atoms. The molecule has 3 aromatic rings. The Hall–Kier alpha value is -3.18. The van der Waals surface area contributed by atoms with Crippen molar-refractivity contribution < 1.29 is 22.7 Å². The van der Waals surface area contributed by atoms with Crippen molar-refractivity contribution in [1.29, 1.82) is 0 Å². The number of hydrogen-bond acceptors (Lipinski definition) is 7. The van der Waals surface area contributed by atoms with Gasteiger partial charge in [0, 0.05) is 12.7 Å². The number of rotatable bonds is 7. The van der Waals surface area contributed by atoms with E-state index >= 15 is 0 Å². The maximum Gasteiger partial charge on any atom is 0.573 e. The van der Waals surface area contributed by atoms with Gasteiger partial charge in [-0.15, -0.1) is 13.2 Å². The van der Waals surface area contributed by atoms with Gasteiger partial charge >= 0.3 is 6.36 Å². The summed E-state index contributed by atoms with van der Waals surface area (Å²) in [7, 11) is 1.71. The van der Waals surface area contributed by atoms with Gasteiger partial charge in [0.05, 0.1) is 16.6 Å². The summed E-state index contributed by atoms with van der Waals surface area (Å²) in [6.45, 7) is 0.372. The maximum absolute atomic E-state index is 12.5. The van der Waals surface area contributed by atoms with E-state index in [1.165, 1.54) is 30.7 Å². The first-order valence-corrected chi connectivity index (χ1v) is 8.93. The molecule has 1 amide bonds. The normalized spacial score (nSPS) is 12.6. The Labute approximate surface area is 173 Å². The number of primary amides is 1. The van der Waals surface area contributed by atoms with Crippen LogP contribution in [0, 0.1) is 0 Å². The zero-order chi connectivity index (χ0) is 21.9. The molecule has 0 bridgehead atoms. The Balaban J connectivity index is 1.96. The lowest BCUT2D eigenvalue weighted by Gasteiger charge is -2.21. The van der Waals surface area contributed by atoms with E-state index in [4.69, 9.17) is 17.3 Å². The smallest absolute Gasteiger partial charge is 0.404 e. The highest BCUT2D eigenvalue weighted by atomic mass is 35.5. The van der Waals surface area contributed by atoms with Gasteiger partial charge in [0.15, 0.2) is 5.82 Å². The fourth-order valence-corrected chi connectivity index (χ4v) is 3.06. The number of pyridine rings is 1. The average Bonchev–Trinajstić information content (AvgIpc) is 2.68. The second-order valence-electron chi connectivity index (χ2n) is 6.13. The summed E-state index contributed by atoms with van der Waals surface area (Å²) >= 11 is 5.97. The number of hydrogen-bond donors (Lipinski definition) is 3. The number of halogens is 4. The SMILES string of the molecule is CNCC(Nc1ncnc2c(C(N)=O)ccnc12)c1ccc(OC(F)(F)F)c(Cl)c1. The molecule has 0 saturated carbocycles. The second kappa shape index (κ2) is 8.67. The summed E-state index contributed by atoms with van der Waals surface area (Å²) in [6, 6.07) is 4.95. The van der Waals surface area contributed by atoms with Gasteiger partial charge in [-0.25, -0.2) is 9.97 Å². The van der Waals surface area contributed by atoms with Gasteiger partial charge in [-0.3, -0.25) is 9.78 Å². The summed E-state index contributed by atoms with van der Waals surface area (Å²) in [5.74, 6) is -0.850. The number of nitrogens with one attached hydrogen (secondary N) is 2. The van der Waals surface area contributed by atoms with Crippen LogP contribution < -0.4 is 21.1 Å². The van der Waals surface area contributed by atoms with Crippen molar-refractivity contribution in [2.75, 3.05) is 18.9 Å². The quantitative estimate of drug-likeness (QED) is 0.517. The topological polar surface area (TPSA) is 115 Å². The molecule has 1 unspecified atom stereocenters. The molecule has 1 aromatic carbocycles. The van der Waals surface area contributed by atoms with Crippen LogP contribution in [0.3, 0.4) is 0 Å². The average molecular weight is 441 g/mol. The molecule has 0 radical (unpaired) electrons. The third-order valence-corrected chi connectivity index (χ3v) is 4.39. The number of anilines is 1. The second-order valence-corrected chi connectivity index (χ2v) is 6.54. The van der Waals surface area contributed by atoms with Crippen molar-refractivity contribution in [1.82, 2.24) is 20.3 Å². The summed E-state index contributed by atoms with van der Waals surface area (Å²) in [6.07, 6.45) is -2.19. The van der Waals surface area contributed by atoms with Crippen LogP contribution in [-0.2, 0) is 0 Å². The minimum Gasteiger partial charge on any atom is -0.404 e. The number of fused-ring (bicyclic) bond motifs is 1. The summed E-state index contributed by atoms with van der Waals surface area (Å²) in [5, 5.41) is 5.93. The molecule has 1 atom stereocenters. The zero-order valence-electron chi connectivity index (χ0n) is 15.5. The molecule has 30 heavy (non-hydrogen) atoms. The monoisotopic (exact) mass is 440 g/mol. The first-order valence-electron chi connectivity index (χ1n) is 8.55. The van der Waals surface area contributed by atoms with E-state index in [2.05, 4.69) is 30.3 Å². The van der Waals surface area contributed by atoms with E-state index < -0.39 is 24.1 Å². The van der Waals surface area contributed by atoms with Crippen LogP contribution in [0.2, 0.25) is 5.02 Å². The molecule has 4 N–H and O–H groups in total. The molecule has 2 heterocycles. The van der Waals surface area contributed by atoms with Crippen LogP contribution in [0.1, 0.15) is 22.0 Å². The molecule has 3 rings (SSSR count). The van der Waals surface area contributed by atoms with Gasteiger partial charge in [0.1, 0.15) is 23.1 Å². The van der Waals surface area contributed by atoms with Crippen LogP contribution in [-0.4, -0.2) is 40.8 Å². The molecular weight excluding hydrogens is 425 g/mol. The van der Waals surface area contributed by atoms with E-state index in [0.29, 0.717) is 23.4 Å². The van der Waals surface area contributed by atoms with Crippen molar-refractivity contribution in [3.8, 4) is 5.75 Å². The molecule has 0 saturated heterocycles. The molecule has 0 aliphatic carbocycles. The number of benzene rings is 1. The number of carbonyl (C=O) groups excluding carboxylic acids is 1. The van der Waals surface area contributed by atoms with E-state index in [-0.39, 0.29) is 16.1 Å². The zero-order valence-corrected chi connectivity index (χ0v) is 16.3. The van der Waals surface area contributed by atoms with E-state index in [1.54, 1.807) is 7.05 Å². The fourth-order valence-electron chi connectivity index (χ4n) is 2.83. The third kappa shape index (κ3) is 4.86. The summed E-state index contributed by atoms with van der Waals surface area (Å²) in [5.41, 5.74) is 6.73. The highest BCUT2D eigenvalue weighted by molar-refractivity contribution is 6.32. The van der Waals surface area contributed by atoms with Crippen LogP contribution in [0.5, 0.6) is 5.75 Å². The number of likely N-dealkylation sites (N-methyl/N-ethyl adjacent to an activating group) is 1. The number of carbonyl (C=O) groups is 1. The van der Waals surface area contributed by atoms with E-state index in [1.807, 2.05) is 0 Å². The largest absolute Gasteiger partial charge is 0.573 e. The molecule has 0 aliphatic rings. The molecule has 8 nitrogen and oxygen atoms in total. The Kier molecular flexibility index (Phi) is 6.22. The van der Waals surface area contributed by atoms with Crippen molar-refractivity contribution in [3.05, 3.63) is 52.9 Å². The number of alkyl halides is 3. The Morgan fingerprint density at radius 1 is 1.23 bits per heavy atom. The van der Waals surface area contributed by atoms with Gasteiger partial charge in [-0.2, -0.15) is 0 Å². The Morgan fingerprint density at radius 3 is 2.63 bits per heavy atom. The number of nitrogens with zero attached hydrogens (tertiary/aromatic N) is 3. The first kappa shape index (κ1) is 21.5. The van der Waals surface area contributed by atoms with Crippen molar-refractivity contribution in [3.63, 3.8) is 0 Å². The number of ether oxygens (including phenoxy) is 1. The summed E-state index contributed by atoms with van der Waals surface area (Å²) in [4.78, 5) is 24.1. The standard InChI is InChI=1S/C18H16ClF3N6O2/c1-24-7-12(9-2-3-13(11(19)6-9)30-18(20,21)22)28-17-15-14(26-8-27-17)10(16(23)29)4-5-25-15/h2-6,8,12,24H,7H2,1H3,(H2,23,29)(H,26,27,28). The molecule has 12 heteroatoms. The molecular formula is C18H16ClF3N6O2. The van der Waals surface area contributed by atoms with Crippen molar-refractivity contribution in [2.45, 2.75) is 12.4 Å². The lowest BCUT2D eigenvalue weighted by atomic mass is 10.1. The van der Waals surface area contributed by atoms with E-state index in [0.717, 1.165) is 6.07 Å². The van der Waals surface area contributed by atoms with Gasteiger partial charge in [-0.1, -0.05) is 17.7 Å². The van der Waals surface area contributed by atoms with Crippen molar-refractivity contribution in [2.24, 2.45) is 5.73 Å². The number of amides is 1. The predicted molar refractivity (Wildman–Crippen MR) is 104 cm³/mol. The van der Waals surface area contributed by atoms with Gasteiger partial charge in [0.25, 0.3) is 5.91 Å². The summed E-state index contributed by atoms with van der Waals surface area (Å²) < 4.78 is 41.3.